The van der Waals surface area contributed by atoms with Crippen LogP contribution in [0, 0.1) is 0 Å². The minimum Gasteiger partial charge on any atom is -0.441 e. The number of carbonyl (C=O) groups excluding carboxylic acids is 2. The van der Waals surface area contributed by atoms with Gasteiger partial charge < -0.3 is 15.0 Å². The second-order valence-corrected chi connectivity index (χ2v) is 7.96. The Morgan fingerprint density at radius 2 is 1.93 bits per heavy atom. The van der Waals surface area contributed by atoms with E-state index >= 15 is 0 Å². The molecule has 1 N–H and O–H groups in total. The summed E-state index contributed by atoms with van der Waals surface area (Å²) in [7, 11) is 1.77. The zero-order valence-corrected chi connectivity index (χ0v) is 16.7. The molecule has 0 aromatic heterocycles. The van der Waals surface area contributed by atoms with E-state index in [1.165, 1.54) is 5.56 Å². The third-order valence-corrected chi connectivity index (χ3v) is 5.67. The first-order valence-corrected chi connectivity index (χ1v) is 9.95. The van der Waals surface area contributed by atoms with E-state index in [0.717, 1.165) is 44.3 Å². The molecule has 6 nitrogen and oxygen atoms in total. The first-order chi connectivity index (χ1) is 12.9. The summed E-state index contributed by atoms with van der Waals surface area (Å²) >= 11 is 0. The molecule has 2 fully saturated rings. The summed E-state index contributed by atoms with van der Waals surface area (Å²) in [6, 6.07) is 8.49. The number of piperidine rings is 1. The summed E-state index contributed by atoms with van der Waals surface area (Å²) < 4.78 is 5.56. The molecule has 0 radical (unpaired) electrons. The van der Waals surface area contributed by atoms with Gasteiger partial charge in [-0.05, 0) is 24.5 Å². The van der Waals surface area contributed by atoms with Gasteiger partial charge in [-0.3, -0.25) is 9.69 Å². The van der Waals surface area contributed by atoms with Gasteiger partial charge in [0.25, 0.3) is 0 Å². The average Bonchev–Trinajstić information content (AvgIpc) is 2.91. The number of hydrogen-bond donors (Lipinski definition) is 1. The highest BCUT2D eigenvalue weighted by Gasteiger charge is 2.45. The lowest BCUT2D eigenvalue weighted by atomic mass is 9.91. The molecule has 27 heavy (non-hydrogen) atoms. The molecular formula is C21H31N3O3. The zero-order chi connectivity index (χ0) is 19.4. The molecule has 2 saturated heterocycles. The van der Waals surface area contributed by atoms with E-state index in [9.17, 15) is 9.59 Å². The highest BCUT2D eigenvalue weighted by Crippen LogP contribution is 2.32. The lowest BCUT2D eigenvalue weighted by Gasteiger charge is -2.37. The van der Waals surface area contributed by atoms with Crippen LogP contribution in [-0.4, -0.2) is 60.6 Å². The minimum atomic E-state index is -0.355. The molecule has 1 aromatic rings. The SMILES string of the molecule is CCCc1ccc([C@H](C)NC(=O)CN2CCC3(CC2)CN(C)C(=O)O3)cc1. The largest absolute Gasteiger partial charge is 0.441 e. The molecule has 0 saturated carbocycles. The third kappa shape index (κ3) is 4.80. The maximum absolute atomic E-state index is 12.4. The Kier molecular flexibility index (Phi) is 6.05. The van der Waals surface area contributed by atoms with Crippen molar-refractivity contribution in [2.24, 2.45) is 0 Å². The van der Waals surface area contributed by atoms with Crippen LogP contribution in [0.5, 0.6) is 0 Å². The van der Waals surface area contributed by atoms with Crippen molar-refractivity contribution in [2.45, 2.75) is 51.2 Å². The van der Waals surface area contributed by atoms with E-state index in [2.05, 4.69) is 41.4 Å². The number of ether oxygens (including phenoxy) is 1. The predicted molar refractivity (Wildman–Crippen MR) is 105 cm³/mol. The van der Waals surface area contributed by atoms with Gasteiger partial charge in [0.1, 0.15) is 5.60 Å². The molecule has 1 atom stereocenters. The number of carbonyl (C=O) groups is 2. The van der Waals surface area contributed by atoms with Gasteiger partial charge in [0.05, 0.1) is 19.1 Å². The lowest BCUT2D eigenvalue weighted by Crippen LogP contribution is -2.49. The van der Waals surface area contributed by atoms with Gasteiger partial charge in [-0.15, -0.1) is 0 Å². The van der Waals surface area contributed by atoms with Gasteiger partial charge in [-0.1, -0.05) is 37.6 Å². The van der Waals surface area contributed by atoms with Crippen LogP contribution in [-0.2, 0) is 16.0 Å². The van der Waals surface area contributed by atoms with E-state index in [-0.39, 0.29) is 23.6 Å². The molecule has 148 valence electrons. The third-order valence-electron chi connectivity index (χ3n) is 5.67. The minimum absolute atomic E-state index is 0.00579. The molecule has 2 heterocycles. The fourth-order valence-corrected chi connectivity index (χ4v) is 4.01. The van der Waals surface area contributed by atoms with Crippen molar-refractivity contribution >= 4 is 12.0 Å². The standard InChI is InChI=1S/C21H31N3O3/c1-4-5-17-6-8-18(9-7-17)16(2)22-19(25)14-24-12-10-21(11-13-24)15-23(3)20(26)27-21/h6-9,16H,4-5,10-15H2,1-3H3,(H,22,25)/t16-/m0/s1. The molecule has 0 bridgehead atoms. The van der Waals surface area contributed by atoms with Crippen LogP contribution >= 0.6 is 0 Å². The van der Waals surface area contributed by atoms with Gasteiger partial charge in [0.2, 0.25) is 5.91 Å². The van der Waals surface area contributed by atoms with Gasteiger partial charge in [-0.2, -0.15) is 0 Å². The Balaban J connectivity index is 1.45. The van der Waals surface area contributed by atoms with Crippen LogP contribution in [0.15, 0.2) is 24.3 Å². The van der Waals surface area contributed by atoms with Crippen molar-refractivity contribution in [1.29, 1.82) is 0 Å². The summed E-state index contributed by atoms with van der Waals surface area (Å²) in [5.41, 5.74) is 2.11. The van der Waals surface area contributed by atoms with E-state index < -0.39 is 0 Å². The Morgan fingerprint density at radius 3 is 2.48 bits per heavy atom. The van der Waals surface area contributed by atoms with Gasteiger partial charge >= 0.3 is 6.09 Å². The van der Waals surface area contributed by atoms with Crippen LogP contribution in [0.4, 0.5) is 4.79 Å². The first-order valence-electron chi connectivity index (χ1n) is 9.95. The van der Waals surface area contributed by atoms with Crippen molar-refractivity contribution in [3.05, 3.63) is 35.4 Å². The number of hydrogen-bond acceptors (Lipinski definition) is 4. The Labute approximate surface area is 161 Å². The molecule has 1 spiro atoms. The summed E-state index contributed by atoms with van der Waals surface area (Å²) in [5, 5.41) is 3.10. The zero-order valence-electron chi connectivity index (χ0n) is 16.7. The Morgan fingerprint density at radius 1 is 1.26 bits per heavy atom. The maximum atomic E-state index is 12.4. The number of likely N-dealkylation sites (N-methyl/N-ethyl adjacent to an activating group) is 1. The first kappa shape index (κ1) is 19.7. The molecule has 2 amide bonds. The Bertz CT molecular complexity index is 666. The van der Waals surface area contributed by atoms with Crippen molar-refractivity contribution in [1.82, 2.24) is 15.1 Å². The molecule has 6 heteroatoms. The number of nitrogens with zero attached hydrogens (tertiary/aromatic N) is 2. The fourth-order valence-electron chi connectivity index (χ4n) is 4.01. The summed E-state index contributed by atoms with van der Waals surface area (Å²) in [6.45, 7) is 6.78. The topological polar surface area (TPSA) is 61.9 Å². The molecule has 0 aliphatic carbocycles. The van der Waals surface area contributed by atoms with Crippen molar-refractivity contribution < 1.29 is 14.3 Å². The fraction of sp³-hybridized carbons (Fsp3) is 0.619. The highest BCUT2D eigenvalue weighted by atomic mass is 16.6. The number of rotatable bonds is 6. The number of amides is 2. The molecule has 3 rings (SSSR count). The van der Waals surface area contributed by atoms with Crippen molar-refractivity contribution in [3.63, 3.8) is 0 Å². The van der Waals surface area contributed by atoms with Crippen molar-refractivity contribution in [2.75, 3.05) is 33.2 Å². The molecule has 1 aromatic carbocycles. The normalized spacial score (nSPS) is 20.6. The molecule has 2 aliphatic heterocycles. The molecule has 0 unspecified atom stereocenters. The number of aryl methyl sites for hydroxylation is 1. The molecular weight excluding hydrogens is 342 g/mol. The second-order valence-electron chi connectivity index (χ2n) is 7.96. The number of nitrogens with one attached hydrogen (secondary N) is 1. The van der Waals surface area contributed by atoms with Crippen LogP contribution in [0.2, 0.25) is 0 Å². The quantitative estimate of drug-likeness (QED) is 0.833. The predicted octanol–water partition coefficient (Wildman–Crippen LogP) is 2.73. The van der Waals surface area contributed by atoms with Crippen LogP contribution < -0.4 is 5.32 Å². The van der Waals surface area contributed by atoms with E-state index in [1.54, 1.807) is 11.9 Å². The van der Waals surface area contributed by atoms with Gasteiger partial charge in [0.15, 0.2) is 0 Å². The lowest BCUT2D eigenvalue weighted by molar-refractivity contribution is -0.123. The van der Waals surface area contributed by atoms with Gasteiger partial charge in [-0.25, -0.2) is 4.79 Å². The average molecular weight is 373 g/mol. The number of likely N-dealkylation sites (tertiary alicyclic amines) is 1. The second kappa shape index (κ2) is 8.30. The monoisotopic (exact) mass is 373 g/mol. The van der Waals surface area contributed by atoms with Crippen LogP contribution in [0.3, 0.4) is 0 Å². The van der Waals surface area contributed by atoms with E-state index in [1.807, 2.05) is 6.92 Å². The van der Waals surface area contributed by atoms with Gasteiger partial charge in [0, 0.05) is 33.0 Å². The summed E-state index contributed by atoms with van der Waals surface area (Å²) in [5.74, 6) is 0.0385. The van der Waals surface area contributed by atoms with Crippen LogP contribution in [0.1, 0.15) is 50.3 Å². The Hall–Kier alpha value is -2.08. The number of benzene rings is 1. The summed E-state index contributed by atoms with van der Waals surface area (Å²) in [4.78, 5) is 27.9. The summed E-state index contributed by atoms with van der Waals surface area (Å²) in [6.07, 6.45) is 3.55. The van der Waals surface area contributed by atoms with Crippen LogP contribution in [0.25, 0.3) is 0 Å². The maximum Gasteiger partial charge on any atom is 0.410 e. The van der Waals surface area contributed by atoms with E-state index in [4.69, 9.17) is 4.74 Å². The van der Waals surface area contributed by atoms with Crippen molar-refractivity contribution in [3.8, 4) is 0 Å². The molecule has 2 aliphatic rings. The highest BCUT2D eigenvalue weighted by molar-refractivity contribution is 5.78. The van der Waals surface area contributed by atoms with E-state index in [0.29, 0.717) is 13.1 Å². The smallest absolute Gasteiger partial charge is 0.410 e.